The first-order valence-corrected chi connectivity index (χ1v) is 8.66. The van der Waals surface area contributed by atoms with Crippen LogP contribution in [-0.4, -0.2) is 63.8 Å². The molecule has 0 spiro atoms. The molecular formula is C17H27ClN4O. The molecule has 0 amide bonds. The summed E-state index contributed by atoms with van der Waals surface area (Å²) in [6.45, 7) is 8.34. The minimum absolute atomic E-state index is 0.778. The molecule has 128 valence electrons. The monoisotopic (exact) mass is 338 g/mol. The van der Waals surface area contributed by atoms with Gasteiger partial charge in [-0.3, -0.25) is 4.99 Å². The highest BCUT2D eigenvalue weighted by molar-refractivity contribution is 6.30. The van der Waals surface area contributed by atoms with Gasteiger partial charge in [0.25, 0.3) is 0 Å². The van der Waals surface area contributed by atoms with Crippen LogP contribution in [0.3, 0.4) is 0 Å². The van der Waals surface area contributed by atoms with Crippen LogP contribution in [0.25, 0.3) is 0 Å². The molecule has 1 aliphatic heterocycles. The Balaban J connectivity index is 1.78. The number of nitrogens with one attached hydrogen (secondary N) is 1. The smallest absolute Gasteiger partial charge is 0.193 e. The number of nitrogens with zero attached hydrogens (tertiary/aromatic N) is 3. The van der Waals surface area contributed by atoms with E-state index in [-0.39, 0.29) is 0 Å². The molecule has 6 heteroatoms. The highest BCUT2D eigenvalue weighted by Gasteiger charge is 2.19. The lowest BCUT2D eigenvalue weighted by molar-refractivity contribution is 0.145. The lowest BCUT2D eigenvalue weighted by atomic mass is 10.2. The van der Waals surface area contributed by atoms with E-state index < -0.39 is 0 Å². The molecule has 1 aromatic carbocycles. The predicted octanol–water partition coefficient (Wildman–Crippen LogP) is 2.46. The van der Waals surface area contributed by atoms with Crippen LogP contribution in [0.15, 0.2) is 29.3 Å². The minimum Gasteiger partial charge on any atom is -0.382 e. The third-order valence-corrected chi connectivity index (χ3v) is 4.15. The zero-order chi connectivity index (χ0) is 16.5. The van der Waals surface area contributed by atoms with Crippen LogP contribution in [-0.2, 0) is 4.74 Å². The number of rotatable bonds is 6. The summed E-state index contributed by atoms with van der Waals surface area (Å²) in [5.41, 5.74) is 1.19. The Hall–Kier alpha value is -1.46. The molecule has 0 saturated carbocycles. The molecule has 5 nitrogen and oxygen atoms in total. The molecule has 1 aromatic rings. The Morgan fingerprint density at radius 3 is 2.74 bits per heavy atom. The van der Waals surface area contributed by atoms with Gasteiger partial charge in [-0.2, -0.15) is 0 Å². The van der Waals surface area contributed by atoms with Crippen molar-refractivity contribution in [3.05, 3.63) is 29.3 Å². The van der Waals surface area contributed by atoms with E-state index in [4.69, 9.17) is 16.3 Å². The number of guanidine groups is 1. The lowest BCUT2D eigenvalue weighted by Crippen LogP contribution is -2.52. The number of aliphatic imine (C=N–C) groups is 1. The second-order valence-corrected chi connectivity index (χ2v) is 5.91. The average Bonchev–Trinajstić information content (AvgIpc) is 2.58. The third kappa shape index (κ3) is 5.59. The van der Waals surface area contributed by atoms with Crippen LogP contribution in [0.4, 0.5) is 5.69 Å². The summed E-state index contributed by atoms with van der Waals surface area (Å²) in [5, 5.41) is 4.21. The van der Waals surface area contributed by atoms with Crippen LogP contribution < -0.4 is 10.2 Å². The van der Waals surface area contributed by atoms with Crippen LogP contribution in [0.1, 0.15) is 13.3 Å². The van der Waals surface area contributed by atoms with E-state index in [1.165, 1.54) is 5.69 Å². The molecule has 1 fully saturated rings. The molecule has 1 N–H and O–H groups in total. The fourth-order valence-corrected chi connectivity index (χ4v) is 2.88. The van der Waals surface area contributed by atoms with Crippen molar-refractivity contribution in [3.63, 3.8) is 0 Å². The van der Waals surface area contributed by atoms with Gasteiger partial charge in [0.1, 0.15) is 0 Å². The highest BCUT2D eigenvalue weighted by atomic mass is 35.5. The number of benzene rings is 1. The van der Waals surface area contributed by atoms with Crippen molar-refractivity contribution in [1.82, 2.24) is 10.2 Å². The van der Waals surface area contributed by atoms with Crippen molar-refractivity contribution in [2.45, 2.75) is 13.3 Å². The largest absolute Gasteiger partial charge is 0.382 e. The summed E-state index contributed by atoms with van der Waals surface area (Å²) in [6, 6.07) is 8.05. The van der Waals surface area contributed by atoms with Crippen LogP contribution in [0.2, 0.25) is 5.02 Å². The Morgan fingerprint density at radius 2 is 2.09 bits per heavy atom. The average molecular weight is 339 g/mol. The first kappa shape index (κ1) is 17.9. The summed E-state index contributed by atoms with van der Waals surface area (Å²) in [4.78, 5) is 9.07. The maximum absolute atomic E-state index is 6.08. The topological polar surface area (TPSA) is 40.1 Å². The maximum atomic E-state index is 6.08. The molecule has 1 aliphatic rings. The van der Waals surface area contributed by atoms with Crippen LogP contribution >= 0.6 is 11.6 Å². The van der Waals surface area contributed by atoms with E-state index in [2.05, 4.69) is 26.2 Å². The zero-order valence-electron chi connectivity index (χ0n) is 14.1. The molecule has 0 aliphatic carbocycles. The standard InChI is InChI=1S/C17H27ClN4O/c1-3-23-13-5-8-20-17(19-2)22-11-9-21(10-12-22)16-7-4-6-15(18)14-16/h4,6-7,14H,3,5,8-13H2,1-2H3,(H,19,20). The summed E-state index contributed by atoms with van der Waals surface area (Å²) in [5.74, 6) is 0.979. The number of piperazine rings is 1. The number of ether oxygens (including phenoxy) is 1. The second kappa shape index (κ2) is 9.63. The van der Waals surface area contributed by atoms with Gasteiger partial charge in [-0.05, 0) is 31.5 Å². The Labute approximate surface area is 144 Å². The predicted molar refractivity (Wildman–Crippen MR) is 97.7 cm³/mol. The Kier molecular flexibility index (Phi) is 7.49. The summed E-state index contributed by atoms with van der Waals surface area (Å²) < 4.78 is 5.36. The van der Waals surface area contributed by atoms with Gasteiger partial charge in [0.05, 0.1) is 0 Å². The van der Waals surface area contributed by atoms with Gasteiger partial charge >= 0.3 is 0 Å². The molecule has 2 rings (SSSR count). The quantitative estimate of drug-likeness (QED) is 0.491. The van der Waals surface area contributed by atoms with E-state index in [0.29, 0.717) is 0 Å². The Bertz CT molecular complexity index is 501. The normalized spacial score (nSPS) is 15.9. The van der Waals surface area contributed by atoms with Crippen molar-refractivity contribution in [2.24, 2.45) is 4.99 Å². The zero-order valence-corrected chi connectivity index (χ0v) is 14.9. The maximum Gasteiger partial charge on any atom is 0.193 e. The first-order valence-electron chi connectivity index (χ1n) is 8.28. The van der Waals surface area contributed by atoms with Gasteiger partial charge in [0.15, 0.2) is 5.96 Å². The van der Waals surface area contributed by atoms with E-state index in [1.54, 1.807) is 0 Å². The van der Waals surface area contributed by atoms with Gasteiger partial charge in [0.2, 0.25) is 0 Å². The van der Waals surface area contributed by atoms with E-state index >= 15 is 0 Å². The van der Waals surface area contributed by atoms with E-state index in [0.717, 1.165) is 63.3 Å². The van der Waals surface area contributed by atoms with Gasteiger partial charge in [0, 0.05) is 63.7 Å². The minimum atomic E-state index is 0.778. The highest BCUT2D eigenvalue weighted by Crippen LogP contribution is 2.20. The fraction of sp³-hybridized carbons (Fsp3) is 0.588. The van der Waals surface area contributed by atoms with E-state index in [1.807, 2.05) is 32.2 Å². The van der Waals surface area contributed by atoms with Crippen molar-refractivity contribution in [2.75, 3.05) is 57.9 Å². The molecule has 23 heavy (non-hydrogen) atoms. The molecular weight excluding hydrogens is 312 g/mol. The number of hydrogen-bond acceptors (Lipinski definition) is 3. The summed E-state index contributed by atoms with van der Waals surface area (Å²) >= 11 is 6.08. The SMILES string of the molecule is CCOCCCNC(=NC)N1CCN(c2cccc(Cl)c2)CC1. The lowest BCUT2D eigenvalue weighted by Gasteiger charge is -2.37. The van der Waals surface area contributed by atoms with Crippen LogP contribution in [0.5, 0.6) is 0 Å². The van der Waals surface area contributed by atoms with Crippen molar-refractivity contribution in [1.29, 1.82) is 0 Å². The fourth-order valence-electron chi connectivity index (χ4n) is 2.70. The van der Waals surface area contributed by atoms with Crippen molar-refractivity contribution < 1.29 is 4.74 Å². The van der Waals surface area contributed by atoms with Crippen molar-refractivity contribution >= 4 is 23.2 Å². The molecule has 0 unspecified atom stereocenters. The second-order valence-electron chi connectivity index (χ2n) is 5.48. The number of anilines is 1. The molecule has 0 aromatic heterocycles. The van der Waals surface area contributed by atoms with Gasteiger partial charge < -0.3 is 19.9 Å². The molecule has 0 atom stereocenters. The van der Waals surface area contributed by atoms with E-state index in [9.17, 15) is 0 Å². The van der Waals surface area contributed by atoms with Crippen LogP contribution in [0, 0.1) is 0 Å². The third-order valence-electron chi connectivity index (χ3n) is 3.92. The first-order chi connectivity index (χ1) is 11.2. The number of hydrogen-bond donors (Lipinski definition) is 1. The molecule has 0 radical (unpaired) electrons. The summed E-state index contributed by atoms with van der Waals surface area (Å²) in [6.07, 6.45) is 0.995. The van der Waals surface area contributed by atoms with Gasteiger partial charge in [-0.15, -0.1) is 0 Å². The van der Waals surface area contributed by atoms with Gasteiger partial charge in [-0.25, -0.2) is 0 Å². The molecule has 1 heterocycles. The van der Waals surface area contributed by atoms with Gasteiger partial charge in [-0.1, -0.05) is 17.7 Å². The summed E-state index contributed by atoms with van der Waals surface area (Å²) in [7, 11) is 1.84. The molecule has 0 bridgehead atoms. The molecule has 1 saturated heterocycles. The number of halogens is 1. The van der Waals surface area contributed by atoms with Crippen molar-refractivity contribution in [3.8, 4) is 0 Å². The Morgan fingerprint density at radius 1 is 1.30 bits per heavy atom.